The van der Waals surface area contributed by atoms with E-state index < -0.39 is 66.8 Å². The minimum absolute atomic E-state index is 0.598. The van der Waals surface area contributed by atoms with Gasteiger partial charge in [-0.15, -0.1) is 0 Å². The first-order valence-electron chi connectivity index (χ1n) is 6.22. The summed E-state index contributed by atoms with van der Waals surface area (Å²) in [6.45, 7) is 1.38. The number of aliphatic hydroxyl groups excluding tert-OH is 5. The van der Waals surface area contributed by atoms with Crippen LogP contribution in [0.15, 0.2) is 0 Å². The van der Waals surface area contributed by atoms with Crippen LogP contribution in [-0.4, -0.2) is 89.5 Å². The van der Waals surface area contributed by atoms with Crippen LogP contribution in [0.25, 0.3) is 0 Å². The minimum atomic E-state index is -4.29. The molecule has 0 amide bonds. The van der Waals surface area contributed by atoms with Gasteiger partial charge in [0.1, 0.15) is 24.4 Å². The lowest BCUT2D eigenvalue weighted by Gasteiger charge is -2.30. The molecule has 0 aromatic heterocycles. The van der Waals surface area contributed by atoms with E-state index in [2.05, 4.69) is 0 Å². The lowest BCUT2D eigenvalue weighted by Crippen LogP contribution is -2.54. The maximum Gasteiger partial charge on any atom is 0.191 e. The van der Waals surface area contributed by atoms with Crippen LogP contribution in [0, 0.1) is 0 Å². The third-order valence-corrected chi connectivity index (χ3v) is 8.41. The Morgan fingerprint density at radius 3 is 1.43 bits per heavy atom. The zero-order valence-corrected chi connectivity index (χ0v) is 13.3. The summed E-state index contributed by atoms with van der Waals surface area (Å²) >= 11 is 0. The monoisotopic (exact) mass is 350 g/mol. The second-order valence-corrected chi connectivity index (χ2v) is 9.61. The van der Waals surface area contributed by atoms with Crippen LogP contribution < -0.4 is 0 Å². The summed E-state index contributed by atoms with van der Waals surface area (Å²) in [6, 6.07) is 0. The Morgan fingerprint density at radius 2 is 1.14 bits per heavy atom. The van der Waals surface area contributed by atoms with E-state index >= 15 is 0 Å². The average molecular weight is 350 g/mol. The predicted octanol–water partition coefficient (Wildman–Crippen LogP) is -3.38. The molecule has 11 heteroatoms. The molecule has 0 aromatic rings. The number of sulfone groups is 2. The Morgan fingerprint density at radius 1 is 0.762 bits per heavy atom. The molecule has 0 radical (unpaired) electrons. The summed E-state index contributed by atoms with van der Waals surface area (Å²) in [6.07, 6.45) is -8.59. The minimum Gasteiger partial charge on any atom is -0.394 e. The van der Waals surface area contributed by atoms with Crippen LogP contribution >= 0.6 is 0 Å². The molecule has 4 atom stereocenters. The SMILES string of the molecule is CCS(=O)(=O)C([C@H](O)[C@@H](O)[C@H](O)[C@H](O)CO)S(=O)(=O)CC. The Hall–Kier alpha value is -0.300. The van der Waals surface area contributed by atoms with E-state index in [4.69, 9.17) is 5.11 Å². The highest BCUT2D eigenvalue weighted by molar-refractivity contribution is 8.09. The van der Waals surface area contributed by atoms with Gasteiger partial charge in [-0.05, 0) is 0 Å². The molecule has 21 heavy (non-hydrogen) atoms. The van der Waals surface area contributed by atoms with E-state index in [-0.39, 0.29) is 0 Å². The van der Waals surface area contributed by atoms with E-state index in [0.29, 0.717) is 0 Å². The van der Waals surface area contributed by atoms with E-state index in [0.717, 1.165) is 0 Å². The van der Waals surface area contributed by atoms with Gasteiger partial charge >= 0.3 is 0 Å². The predicted molar refractivity (Wildman–Crippen MR) is 73.8 cm³/mol. The second kappa shape index (κ2) is 7.81. The third-order valence-electron chi connectivity index (χ3n) is 3.07. The van der Waals surface area contributed by atoms with Gasteiger partial charge in [0, 0.05) is 11.5 Å². The fraction of sp³-hybridized carbons (Fsp3) is 1.00. The van der Waals surface area contributed by atoms with Crippen LogP contribution in [0.3, 0.4) is 0 Å². The van der Waals surface area contributed by atoms with Gasteiger partial charge in [0.2, 0.25) is 0 Å². The first kappa shape index (κ1) is 20.7. The van der Waals surface area contributed by atoms with Crippen LogP contribution in [0.4, 0.5) is 0 Å². The van der Waals surface area contributed by atoms with Crippen LogP contribution in [-0.2, 0) is 19.7 Å². The molecule has 0 fully saturated rings. The molecule has 0 unspecified atom stereocenters. The molecular formula is C10H22O9S2. The average Bonchev–Trinajstić information content (AvgIpc) is 2.44. The second-order valence-electron chi connectivity index (χ2n) is 4.49. The van der Waals surface area contributed by atoms with Crippen LogP contribution in [0.1, 0.15) is 13.8 Å². The molecule has 5 N–H and O–H groups in total. The Labute approximate surface area is 123 Å². The maximum atomic E-state index is 11.9. The van der Waals surface area contributed by atoms with Crippen molar-refractivity contribution in [3.05, 3.63) is 0 Å². The Kier molecular flexibility index (Phi) is 7.70. The zero-order valence-electron chi connectivity index (χ0n) is 11.7. The smallest absolute Gasteiger partial charge is 0.191 e. The van der Waals surface area contributed by atoms with Crippen molar-refractivity contribution < 1.29 is 42.4 Å². The van der Waals surface area contributed by atoms with Gasteiger partial charge in [0.05, 0.1) is 6.61 Å². The highest BCUT2D eigenvalue weighted by Gasteiger charge is 2.46. The van der Waals surface area contributed by atoms with E-state index in [1.807, 2.05) is 0 Å². The molecule has 0 bridgehead atoms. The molecule has 128 valence electrons. The molecule has 0 spiro atoms. The van der Waals surface area contributed by atoms with Crippen molar-refractivity contribution in [2.75, 3.05) is 18.1 Å². The molecule has 0 aliphatic carbocycles. The van der Waals surface area contributed by atoms with Crippen molar-refractivity contribution in [2.24, 2.45) is 0 Å². The largest absolute Gasteiger partial charge is 0.394 e. The Bertz CT molecular complexity index is 479. The van der Waals surface area contributed by atoms with Crippen molar-refractivity contribution in [3.8, 4) is 0 Å². The van der Waals surface area contributed by atoms with Crippen molar-refractivity contribution in [1.82, 2.24) is 0 Å². The van der Waals surface area contributed by atoms with E-state index in [1.165, 1.54) is 13.8 Å². The molecule has 0 aliphatic heterocycles. The summed E-state index contributed by atoms with van der Waals surface area (Å²) in [5.74, 6) is -1.20. The van der Waals surface area contributed by atoms with Gasteiger partial charge in [-0.2, -0.15) is 0 Å². The van der Waals surface area contributed by atoms with Crippen molar-refractivity contribution in [2.45, 2.75) is 42.8 Å². The summed E-state index contributed by atoms with van der Waals surface area (Å²) in [5, 5.41) is 46.8. The molecule has 9 nitrogen and oxygen atoms in total. The van der Waals surface area contributed by atoms with Crippen LogP contribution in [0.2, 0.25) is 0 Å². The van der Waals surface area contributed by atoms with Crippen molar-refractivity contribution >= 4 is 19.7 Å². The maximum absolute atomic E-state index is 11.9. The van der Waals surface area contributed by atoms with Crippen molar-refractivity contribution in [3.63, 3.8) is 0 Å². The molecule has 0 aromatic carbocycles. The van der Waals surface area contributed by atoms with Gasteiger partial charge in [-0.25, -0.2) is 16.8 Å². The number of aliphatic hydroxyl groups is 5. The lowest BCUT2D eigenvalue weighted by atomic mass is 10.0. The summed E-state index contributed by atoms with van der Waals surface area (Å²) in [7, 11) is -8.59. The number of hydrogen-bond donors (Lipinski definition) is 5. The highest BCUT2D eigenvalue weighted by atomic mass is 32.3. The fourth-order valence-corrected chi connectivity index (χ4v) is 6.11. The molecule has 0 aliphatic rings. The molecule has 0 saturated carbocycles. The van der Waals surface area contributed by atoms with Crippen molar-refractivity contribution in [1.29, 1.82) is 0 Å². The van der Waals surface area contributed by atoms with Gasteiger partial charge in [0.25, 0.3) is 0 Å². The third kappa shape index (κ3) is 4.84. The topological polar surface area (TPSA) is 169 Å². The summed E-state index contributed by atoms with van der Waals surface area (Å²) < 4.78 is 45.2. The van der Waals surface area contributed by atoms with Gasteiger partial charge in [-0.1, -0.05) is 13.8 Å². The molecular weight excluding hydrogens is 328 g/mol. The quantitative estimate of drug-likeness (QED) is 0.285. The molecule has 0 heterocycles. The zero-order chi connectivity index (χ0) is 17.0. The number of rotatable bonds is 9. The standard InChI is InChI=1S/C10H22O9S2/c1-3-20(16,17)10(21(18,19)4-2)9(15)8(14)7(13)6(12)5-11/h6-15H,3-5H2,1-2H3/t6-,7-,8+,9-/m1/s1. The van der Waals surface area contributed by atoms with Gasteiger partial charge < -0.3 is 25.5 Å². The summed E-state index contributed by atoms with van der Waals surface area (Å²) in [4.78, 5) is 0. The lowest BCUT2D eigenvalue weighted by molar-refractivity contribution is -0.111. The Balaban J connectivity index is 5.67. The fourth-order valence-electron chi connectivity index (χ4n) is 1.68. The van der Waals surface area contributed by atoms with Gasteiger partial charge in [0.15, 0.2) is 24.3 Å². The first-order valence-corrected chi connectivity index (χ1v) is 9.65. The normalized spacial score (nSPS) is 19.2. The summed E-state index contributed by atoms with van der Waals surface area (Å²) in [5.41, 5.74) is 0. The molecule has 0 rings (SSSR count). The highest BCUT2D eigenvalue weighted by Crippen LogP contribution is 2.21. The van der Waals surface area contributed by atoms with E-state index in [1.54, 1.807) is 0 Å². The van der Waals surface area contributed by atoms with Crippen LogP contribution in [0.5, 0.6) is 0 Å². The first-order chi connectivity index (χ1) is 9.46. The van der Waals surface area contributed by atoms with E-state index in [9.17, 15) is 37.3 Å². The van der Waals surface area contributed by atoms with Gasteiger partial charge in [-0.3, -0.25) is 0 Å². The molecule has 0 saturated heterocycles. The number of hydrogen-bond acceptors (Lipinski definition) is 9.